The van der Waals surface area contributed by atoms with Gasteiger partial charge in [-0.2, -0.15) is 5.26 Å². The van der Waals surface area contributed by atoms with Crippen molar-refractivity contribution in [2.75, 3.05) is 24.6 Å². The summed E-state index contributed by atoms with van der Waals surface area (Å²) in [4.78, 5) is 11.3. The van der Waals surface area contributed by atoms with Crippen LogP contribution < -0.4 is 4.90 Å². The highest BCUT2D eigenvalue weighted by atomic mass is 32.1. The average Bonchev–Trinajstić information content (AvgIpc) is 3.19. The minimum absolute atomic E-state index is 0.0614. The van der Waals surface area contributed by atoms with Gasteiger partial charge in [0, 0.05) is 23.7 Å². The minimum atomic E-state index is -0.0614. The highest BCUT2D eigenvalue weighted by molar-refractivity contribution is 7.10. The number of nitriles is 1. The first-order valence-electron chi connectivity index (χ1n) is 8.07. The lowest BCUT2D eigenvalue weighted by Crippen LogP contribution is -2.38. The second-order valence-corrected chi connectivity index (χ2v) is 6.65. The van der Waals surface area contributed by atoms with Gasteiger partial charge in [0.05, 0.1) is 24.4 Å². The third-order valence-electron chi connectivity index (χ3n) is 4.13. The van der Waals surface area contributed by atoms with Gasteiger partial charge in [0.2, 0.25) is 0 Å². The topological polar surface area (TPSA) is 62.0 Å². The van der Waals surface area contributed by atoms with E-state index in [1.165, 1.54) is 0 Å². The van der Waals surface area contributed by atoms with Gasteiger partial charge in [-0.3, -0.25) is 0 Å². The van der Waals surface area contributed by atoms with Gasteiger partial charge in [-0.15, -0.1) is 11.3 Å². The molecule has 4 rings (SSSR count). The summed E-state index contributed by atoms with van der Waals surface area (Å²) in [5.74, 6) is 0.868. The van der Waals surface area contributed by atoms with Crippen LogP contribution in [0.5, 0.6) is 0 Å². The molecule has 0 N–H and O–H groups in total. The minimum Gasteiger partial charge on any atom is -0.367 e. The Morgan fingerprint density at radius 3 is 2.84 bits per heavy atom. The van der Waals surface area contributed by atoms with Crippen LogP contribution in [-0.4, -0.2) is 29.7 Å². The summed E-state index contributed by atoms with van der Waals surface area (Å²) in [6.45, 7) is 2.12. The third kappa shape index (κ3) is 3.38. The zero-order valence-corrected chi connectivity index (χ0v) is 14.3. The number of benzene rings is 1. The van der Waals surface area contributed by atoms with Gasteiger partial charge in [-0.25, -0.2) is 9.97 Å². The molecule has 0 aliphatic carbocycles. The maximum absolute atomic E-state index is 8.90. The zero-order valence-electron chi connectivity index (χ0n) is 13.5. The lowest BCUT2D eigenvalue weighted by molar-refractivity contribution is 0.0394. The quantitative estimate of drug-likeness (QED) is 0.723. The van der Waals surface area contributed by atoms with E-state index in [0.29, 0.717) is 18.7 Å². The molecule has 0 spiro atoms. The normalized spacial score (nSPS) is 17.2. The summed E-state index contributed by atoms with van der Waals surface area (Å²) in [6.07, 6.45) is 1.55. The summed E-state index contributed by atoms with van der Waals surface area (Å²) < 4.78 is 5.94. The van der Waals surface area contributed by atoms with Crippen molar-refractivity contribution in [3.05, 3.63) is 64.6 Å². The molecule has 1 atom stereocenters. The first-order valence-corrected chi connectivity index (χ1v) is 8.95. The van der Waals surface area contributed by atoms with Crippen LogP contribution in [0, 0.1) is 11.3 Å². The Bertz CT molecular complexity index is 886. The standard InChI is InChI=1S/C19H16N4OS/c20-10-14-6-7-18(21-11-14)23-8-9-24-17(12-23)19-22-16(13-25-19)15-4-2-1-3-5-15/h1-7,11,13,17H,8-9,12H2. The summed E-state index contributed by atoms with van der Waals surface area (Å²) in [5, 5.41) is 12.0. The Balaban J connectivity index is 1.51. The molecule has 0 bridgehead atoms. The number of aromatic nitrogens is 2. The van der Waals surface area contributed by atoms with E-state index in [9.17, 15) is 0 Å². The van der Waals surface area contributed by atoms with Gasteiger partial charge in [0.15, 0.2) is 0 Å². The number of nitrogens with zero attached hydrogens (tertiary/aromatic N) is 4. The molecule has 0 radical (unpaired) electrons. The fourth-order valence-corrected chi connectivity index (χ4v) is 3.69. The molecule has 1 fully saturated rings. The molecule has 0 saturated carbocycles. The van der Waals surface area contributed by atoms with Gasteiger partial charge in [0.1, 0.15) is 23.0 Å². The van der Waals surface area contributed by atoms with Crippen molar-refractivity contribution < 1.29 is 4.74 Å². The number of ether oxygens (including phenoxy) is 1. The number of hydrogen-bond donors (Lipinski definition) is 0. The zero-order chi connectivity index (χ0) is 17.1. The molecule has 1 aromatic carbocycles. The number of anilines is 1. The second kappa shape index (κ2) is 7.01. The van der Waals surface area contributed by atoms with Crippen LogP contribution in [0.1, 0.15) is 16.7 Å². The van der Waals surface area contributed by atoms with Crippen LogP contribution >= 0.6 is 11.3 Å². The fourth-order valence-electron chi connectivity index (χ4n) is 2.82. The number of thiazole rings is 1. The first kappa shape index (κ1) is 15.8. The van der Waals surface area contributed by atoms with E-state index in [-0.39, 0.29) is 6.10 Å². The predicted octanol–water partition coefficient (Wildman–Crippen LogP) is 3.65. The molecule has 1 unspecified atom stereocenters. The highest BCUT2D eigenvalue weighted by Gasteiger charge is 2.25. The Labute approximate surface area is 150 Å². The molecule has 3 heterocycles. The lowest BCUT2D eigenvalue weighted by Gasteiger charge is -2.32. The Morgan fingerprint density at radius 1 is 1.20 bits per heavy atom. The van der Waals surface area contributed by atoms with Crippen LogP contribution in [0.2, 0.25) is 0 Å². The van der Waals surface area contributed by atoms with E-state index < -0.39 is 0 Å². The van der Waals surface area contributed by atoms with Crippen molar-refractivity contribution in [3.63, 3.8) is 0 Å². The van der Waals surface area contributed by atoms with E-state index in [0.717, 1.165) is 28.6 Å². The molecule has 1 aliphatic heterocycles. The van der Waals surface area contributed by atoms with E-state index in [2.05, 4.69) is 33.5 Å². The predicted molar refractivity (Wildman–Crippen MR) is 97.4 cm³/mol. The molecule has 124 valence electrons. The van der Waals surface area contributed by atoms with Crippen LogP contribution in [0.4, 0.5) is 5.82 Å². The lowest BCUT2D eigenvalue weighted by atomic mass is 10.2. The van der Waals surface area contributed by atoms with Gasteiger partial charge < -0.3 is 9.64 Å². The van der Waals surface area contributed by atoms with Gasteiger partial charge >= 0.3 is 0 Å². The largest absolute Gasteiger partial charge is 0.367 e. The van der Waals surface area contributed by atoms with Crippen molar-refractivity contribution >= 4 is 17.2 Å². The molecule has 6 heteroatoms. The summed E-state index contributed by atoms with van der Waals surface area (Å²) >= 11 is 1.63. The first-order chi connectivity index (χ1) is 12.3. The van der Waals surface area contributed by atoms with E-state index in [1.807, 2.05) is 24.3 Å². The molecule has 5 nitrogen and oxygen atoms in total. The van der Waals surface area contributed by atoms with Crippen LogP contribution in [-0.2, 0) is 4.74 Å². The average molecular weight is 348 g/mol. The van der Waals surface area contributed by atoms with E-state index in [1.54, 1.807) is 23.6 Å². The molecule has 2 aromatic heterocycles. The molecule has 1 aliphatic rings. The van der Waals surface area contributed by atoms with Crippen LogP contribution in [0.15, 0.2) is 54.0 Å². The van der Waals surface area contributed by atoms with Crippen molar-refractivity contribution in [1.29, 1.82) is 5.26 Å². The molecule has 25 heavy (non-hydrogen) atoms. The second-order valence-electron chi connectivity index (χ2n) is 5.76. The van der Waals surface area contributed by atoms with E-state index in [4.69, 9.17) is 15.0 Å². The van der Waals surface area contributed by atoms with Gasteiger partial charge in [-0.1, -0.05) is 30.3 Å². The number of pyridine rings is 1. The van der Waals surface area contributed by atoms with Crippen LogP contribution in [0.25, 0.3) is 11.3 Å². The van der Waals surface area contributed by atoms with Gasteiger partial charge in [0.25, 0.3) is 0 Å². The van der Waals surface area contributed by atoms with Crippen LogP contribution in [0.3, 0.4) is 0 Å². The smallest absolute Gasteiger partial charge is 0.128 e. The van der Waals surface area contributed by atoms with Gasteiger partial charge in [-0.05, 0) is 12.1 Å². The Hall–Kier alpha value is -2.75. The van der Waals surface area contributed by atoms with Crippen molar-refractivity contribution in [2.45, 2.75) is 6.10 Å². The number of morpholine rings is 1. The monoisotopic (exact) mass is 348 g/mol. The number of rotatable bonds is 3. The van der Waals surface area contributed by atoms with Crippen molar-refractivity contribution in [3.8, 4) is 17.3 Å². The summed E-state index contributed by atoms with van der Waals surface area (Å²) in [5.41, 5.74) is 2.67. The molecule has 0 amide bonds. The summed E-state index contributed by atoms with van der Waals surface area (Å²) in [6, 6.07) is 15.9. The molecular weight excluding hydrogens is 332 g/mol. The maximum Gasteiger partial charge on any atom is 0.128 e. The van der Waals surface area contributed by atoms with Crippen molar-refractivity contribution in [1.82, 2.24) is 9.97 Å². The third-order valence-corrected chi connectivity index (χ3v) is 5.07. The number of hydrogen-bond acceptors (Lipinski definition) is 6. The molecule has 3 aromatic rings. The Kier molecular flexibility index (Phi) is 4.42. The highest BCUT2D eigenvalue weighted by Crippen LogP contribution is 2.30. The Morgan fingerprint density at radius 2 is 2.08 bits per heavy atom. The van der Waals surface area contributed by atoms with Crippen molar-refractivity contribution in [2.24, 2.45) is 0 Å². The maximum atomic E-state index is 8.90. The SMILES string of the molecule is N#Cc1ccc(N2CCOC(c3nc(-c4ccccc4)cs3)C2)nc1. The van der Waals surface area contributed by atoms with E-state index >= 15 is 0 Å². The fraction of sp³-hybridized carbons (Fsp3) is 0.211. The molecular formula is C19H16N4OS. The summed E-state index contributed by atoms with van der Waals surface area (Å²) in [7, 11) is 0. The molecule has 1 saturated heterocycles.